The lowest BCUT2D eigenvalue weighted by atomic mass is 10.1. The van der Waals surface area contributed by atoms with E-state index in [0.29, 0.717) is 21.5 Å². The number of fused-ring (bicyclic) bond motifs is 1. The van der Waals surface area contributed by atoms with Crippen LogP contribution in [0, 0.1) is 13.8 Å². The van der Waals surface area contributed by atoms with Crippen molar-refractivity contribution in [1.29, 1.82) is 0 Å². The molecule has 0 bridgehead atoms. The highest BCUT2D eigenvalue weighted by Gasteiger charge is 2.11. The van der Waals surface area contributed by atoms with E-state index in [1.807, 2.05) is 19.9 Å². The molecule has 0 N–H and O–H groups in total. The second-order valence-corrected chi connectivity index (χ2v) is 6.24. The summed E-state index contributed by atoms with van der Waals surface area (Å²) in [6, 6.07) is 8.79. The predicted molar refractivity (Wildman–Crippen MR) is 86.8 cm³/mol. The number of benzene rings is 1. The fourth-order valence-electron chi connectivity index (χ4n) is 2.06. The van der Waals surface area contributed by atoms with Crippen LogP contribution >= 0.6 is 23.4 Å². The first-order chi connectivity index (χ1) is 10.5. The largest absolute Gasteiger partial charge is 0.293 e. The number of thioether (sulfide) groups is 1. The third kappa shape index (κ3) is 3.13. The molecule has 2 heterocycles. The number of nitrogens with zero attached hydrogens (tertiary/aromatic N) is 4. The number of hydrogen-bond acceptors (Lipinski definition) is 5. The molecule has 7 heteroatoms. The molecular formula is C15H13ClN4OS. The number of halogens is 1. The monoisotopic (exact) mass is 332 g/mol. The Kier molecular flexibility index (Phi) is 4.13. The van der Waals surface area contributed by atoms with Crippen LogP contribution in [0.4, 0.5) is 0 Å². The highest BCUT2D eigenvalue weighted by atomic mass is 35.5. The molecular weight excluding hydrogens is 320 g/mol. The van der Waals surface area contributed by atoms with Crippen LogP contribution in [0.3, 0.4) is 0 Å². The molecule has 0 saturated carbocycles. The van der Waals surface area contributed by atoms with Crippen LogP contribution in [-0.4, -0.2) is 31.1 Å². The number of rotatable bonds is 4. The molecule has 0 saturated heterocycles. The molecule has 112 valence electrons. The predicted octanol–water partition coefficient (Wildman–Crippen LogP) is 3.37. The SMILES string of the molecule is Cc1cc(C)n2nc(SCC(=O)c3ccc(Cl)cc3)nc2n1. The molecule has 2 aromatic heterocycles. The van der Waals surface area contributed by atoms with Gasteiger partial charge in [0.25, 0.3) is 5.78 Å². The highest BCUT2D eigenvalue weighted by Crippen LogP contribution is 2.18. The summed E-state index contributed by atoms with van der Waals surface area (Å²) in [7, 11) is 0. The van der Waals surface area contributed by atoms with Gasteiger partial charge in [0.1, 0.15) is 0 Å². The Morgan fingerprint density at radius 3 is 2.68 bits per heavy atom. The molecule has 0 radical (unpaired) electrons. The van der Waals surface area contributed by atoms with Crippen molar-refractivity contribution in [1.82, 2.24) is 19.6 Å². The summed E-state index contributed by atoms with van der Waals surface area (Å²) in [4.78, 5) is 20.8. The minimum absolute atomic E-state index is 0.0152. The van der Waals surface area contributed by atoms with E-state index in [9.17, 15) is 4.79 Å². The molecule has 22 heavy (non-hydrogen) atoms. The first-order valence-electron chi connectivity index (χ1n) is 6.65. The van der Waals surface area contributed by atoms with Gasteiger partial charge in [-0.05, 0) is 44.2 Å². The maximum atomic E-state index is 12.1. The number of aryl methyl sites for hydroxylation is 2. The molecule has 1 aromatic carbocycles. The van der Waals surface area contributed by atoms with Gasteiger partial charge in [-0.1, -0.05) is 23.4 Å². The van der Waals surface area contributed by atoms with E-state index in [-0.39, 0.29) is 11.5 Å². The summed E-state index contributed by atoms with van der Waals surface area (Å²) in [6.07, 6.45) is 0. The maximum absolute atomic E-state index is 12.1. The van der Waals surface area contributed by atoms with Gasteiger partial charge in [0.05, 0.1) is 5.75 Å². The lowest BCUT2D eigenvalue weighted by Crippen LogP contribution is -2.02. The van der Waals surface area contributed by atoms with E-state index in [1.54, 1.807) is 28.8 Å². The van der Waals surface area contributed by atoms with Crippen LogP contribution in [0.5, 0.6) is 0 Å². The third-order valence-electron chi connectivity index (χ3n) is 3.10. The minimum Gasteiger partial charge on any atom is -0.293 e. The minimum atomic E-state index is 0.0152. The van der Waals surface area contributed by atoms with Crippen molar-refractivity contribution in [2.75, 3.05) is 5.75 Å². The van der Waals surface area contributed by atoms with Gasteiger partial charge in [0.15, 0.2) is 5.78 Å². The van der Waals surface area contributed by atoms with E-state index >= 15 is 0 Å². The number of hydrogen-bond donors (Lipinski definition) is 0. The second kappa shape index (κ2) is 6.06. The molecule has 3 rings (SSSR count). The van der Waals surface area contributed by atoms with Gasteiger partial charge in [-0.15, -0.1) is 5.10 Å². The van der Waals surface area contributed by atoms with Crippen molar-refractivity contribution in [3.8, 4) is 0 Å². The van der Waals surface area contributed by atoms with Crippen molar-refractivity contribution in [3.63, 3.8) is 0 Å². The summed E-state index contributed by atoms with van der Waals surface area (Å²) in [6.45, 7) is 3.86. The lowest BCUT2D eigenvalue weighted by molar-refractivity contribution is 0.102. The molecule has 0 aliphatic carbocycles. The first kappa shape index (κ1) is 15.0. The van der Waals surface area contributed by atoms with Crippen molar-refractivity contribution in [3.05, 3.63) is 52.3 Å². The molecule has 0 spiro atoms. The van der Waals surface area contributed by atoms with Crippen LogP contribution in [0.15, 0.2) is 35.5 Å². The fourth-order valence-corrected chi connectivity index (χ4v) is 2.90. The number of carbonyl (C=O) groups excluding carboxylic acids is 1. The number of carbonyl (C=O) groups is 1. The van der Waals surface area contributed by atoms with Gasteiger partial charge in [0.2, 0.25) is 5.16 Å². The van der Waals surface area contributed by atoms with Gasteiger partial charge in [-0.2, -0.15) is 4.98 Å². The van der Waals surface area contributed by atoms with Crippen molar-refractivity contribution < 1.29 is 4.79 Å². The van der Waals surface area contributed by atoms with Gasteiger partial charge >= 0.3 is 0 Å². The zero-order valence-electron chi connectivity index (χ0n) is 12.1. The summed E-state index contributed by atoms with van der Waals surface area (Å²) in [5, 5.41) is 5.52. The highest BCUT2D eigenvalue weighted by molar-refractivity contribution is 7.99. The average Bonchev–Trinajstić information content (AvgIpc) is 2.89. The molecule has 0 atom stereocenters. The Morgan fingerprint density at radius 2 is 1.95 bits per heavy atom. The number of Topliss-reactive ketones (excluding diaryl/α,β-unsaturated/α-hetero) is 1. The zero-order valence-corrected chi connectivity index (χ0v) is 13.6. The van der Waals surface area contributed by atoms with Crippen LogP contribution in [0.25, 0.3) is 5.78 Å². The van der Waals surface area contributed by atoms with E-state index < -0.39 is 0 Å². The molecule has 0 aliphatic rings. The van der Waals surface area contributed by atoms with Gasteiger partial charge in [0, 0.05) is 22.0 Å². The van der Waals surface area contributed by atoms with Gasteiger partial charge in [-0.3, -0.25) is 4.79 Å². The third-order valence-corrected chi connectivity index (χ3v) is 4.19. The summed E-state index contributed by atoms with van der Waals surface area (Å²) in [5.41, 5.74) is 2.49. The van der Waals surface area contributed by atoms with E-state index in [4.69, 9.17) is 11.6 Å². The Bertz CT molecular complexity index is 845. The number of aromatic nitrogens is 4. The maximum Gasteiger partial charge on any atom is 0.253 e. The Hall–Kier alpha value is -1.92. The van der Waals surface area contributed by atoms with E-state index in [2.05, 4.69) is 15.1 Å². The second-order valence-electron chi connectivity index (χ2n) is 4.86. The topological polar surface area (TPSA) is 60.2 Å². The van der Waals surface area contributed by atoms with Crippen LogP contribution < -0.4 is 0 Å². The fraction of sp³-hybridized carbons (Fsp3) is 0.200. The van der Waals surface area contributed by atoms with Crippen molar-refractivity contribution in [2.24, 2.45) is 0 Å². The quantitative estimate of drug-likeness (QED) is 0.541. The van der Waals surface area contributed by atoms with Crippen molar-refractivity contribution in [2.45, 2.75) is 19.0 Å². The Balaban J connectivity index is 1.75. The van der Waals surface area contributed by atoms with Gasteiger partial charge in [-0.25, -0.2) is 9.50 Å². The molecule has 0 unspecified atom stereocenters. The first-order valence-corrected chi connectivity index (χ1v) is 8.02. The van der Waals surface area contributed by atoms with Crippen LogP contribution in [-0.2, 0) is 0 Å². The normalized spacial score (nSPS) is 11.0. The van der Waals surface area contributed by atoms with Crippen molar-refractivity contribution >= 4 is 34.9 Å². The van der Waals surface area contributed by atoms with E-state index in [0.717, 1.165) is 11.4 Å². The standard InChI is InChI=1S/C15H13ClN4OS/c1-9-7-10(2)20-14(17-9)18-15(19-20)22-8-13(21)11-3-5-12(16)6-4-11/h3-7H,8H2,1-2H3. The molecule has 5 nitrogen and oxygen atoms in total. The molecule has 0 aliphatic heterocycles. The van der Waals surface area contributed by atoms with Crippen LogP contribution in [0.2, 0.25) is 5.02 Å². The Labute approximate surface area is 136 Å². The summed E-state index contributed by atoms with van der Waals surface area (Å²) in [5.74, 6) is 0.844. The van der Waals surface area contributed by atoms with Crippen LogP contribution in [0.1, 0.15) is 21.7 Å². The average molecular weight is 333 g/mol. The zero-order chi connectivity index (χ0) is 15.7. The smallest absolute Gasteiger partial charge is 0.253 e. The summed E-state index contributed by atoms with van der Waals surface area (Å²) >= 11 is 7.12. The summed E-state index contributed by atoms with van der Waals surface area (Å²) < 4.78 is 1.68. The Morgan fingerprint density at radius 1 is 1.23 bits per heavy atom. The van der Waals surface area contributed by atoms with Gasteiger partial charge < -0.3 is 0 Å². The van der Waals surface area contributed by atoms with E-state index in [1.165, 1.54) is 11.8 Å². The lowest BCUT2D eigenvalue weighted by Gasteiger charge is -1.99. The molecule has 0 fully saturated rings. The molecule has 0 amide bonds. The number of ketones is 1. The molecule has 3 aromatic rings.